The van der Waals surface area contributed by atoms with Gasteiger partial charge in [-0.05, 0) is 37.1 Å². The molecule has 1 heterocycles. The monoisotopic (exact) mass is 421 g/mol. The molecule has 0 saturated heterocycles. The second-order valence-corrected chi connectivity index (χ2v) is 8.11. The fourth-order valence-electron chi connectivity index (χ4n) is 4.03. The summed E-state index contributed by atoms with van der Waals surface area (Å²) in [6.07, 6.45) is 2.00. The Kier molecular flexibility index (Phi) is 5.11. The molecule has 0 saturated carbocycles. The molecule has 3 rings (SSSR count). The van der Waals surface area contributed by atoms with Crippen molar-refractivity contribution >= 4 is 15.9 Å². The average Bonchev–Trinajstić information content (AvgIpc) is 2.69. The van der Waals surface area contributed by atoms with Gasteiger partial charge in [-0.2, -0.15) is 15.8 Å². The molecule has 0 unspecified atom stereocenters. The van der Waals surface area contributed by atoms with Crippen LogP contribution in [0.2, 0.25) is 0 Å². The van der Waals surface area contributed by atoms with Gasteiger partial charge in [-0.1, -0.05) is 34.1 Å². The second-order valence-electron chi connectivity index (χ2n) is 7.26. The third kappa shape index (κ3) is 2.94. The number of allylic oxidation sites excluding steroid dienone is 2. The first-order valence-corrected chi connectivity index (χ1v) is 9.61. The van der Waals surface area contributed by atoms with Crippen LogP contribution in [-0.4, -0.2) is 24.0 Å². The number of nitriles is 3. The van der Waals surface area contributed by atoms with Gasteiger partial charge in [-0.25, -0.2) is 0 Å². The largest absolute Gasteiger partial charge is 0.399 e. The van der Waals surface area contributed by atoms with Crippen molar-refractivity contribution in [2.24, 2.45) is 17.1 Å². The number of rotatable bonds is 2. The molecular formula is C21H20BrN5. The normalized spacial score (nSPS) is 24.4. The summed E-state index contributed by atoms with van der Waals surface area (Å²) in [5, 5.41) is 28.8. The lowest BCUT2D eigenvalue weighted by Crippen LogP contribution is -2.48. The van der Waals surface area contributed by atoms with Crippen molar-refractivity contribution in [1.29, 1.82) is 15.8 Å². The van der Waals surface area contributed by atoms with Crippen molar-refractivity contribution < 1.29 is 0 Å². The van der Waals surface area contributed by atoms with E-state index in [9.17, 15) is 10.5 Å². The Morgan fingerprint density at radius 1 is 1.19 bits per heavy atom. The van der Waals surface area contributed by atoms with E-state index in [0.29, 0.717) is 22.6 Å². The van der Waals surface area contributed by atoms with E-state index in [4.69, 9.17) is 11.0 Å². The molecule has 2 atom stereocenters. The third-order valence-electron chi connectivity index (χ3n) is 5.61. The number of halogens is 1. The van der Waals surface area contributed by atoms with Gasteiger partial charge in [0.2, 0.25) is 5.41 Å². The third-order valence-corrected chi connectivity index (χ3v) is 6.53. The summed E-state index contributed by atoms with van der Waals surface area (Å²) < 4.78 is 0.683. The first-order valence-electron chi connectivity index (χ1n) is 8.82. The zero-order valence-electron chi connectivity index (χ0n) is 15.3. The molecule has 6 heteroatoms. The fourth-order valence-corrected chi connectivity index (χ4v) is 4.91. The number of hydrogen-bond acceptors (Lipinski definition) is 5. The summed E-state index contributed by atoms with van der Waals surface area (Å²) in [4.78, 5) is 2.33. The van der Waals surface area contributed by atoms with Crippen LogP contribution >= 0.6 is 15.9 Å². The van der Waals surface area contributed by atoms with Crippen LogP contribution in [-0.2, 0) is 0 Å². The molecule has 27 heavy (non-hydrogen) atoms. The highest BCUT2D eigenvalue weighted by Gasteiger charge is 2.51. The fraction of sp³-hybridized carbons (Fsp3) is 0.381. The zero-order valence-corrected chi connectivity index (χ0v) is 16.9. The molecule has 0 fully saturated rings. The van der Waals surface area contributed by atoms with Crippen molar-refractivity contribution in [1.82, 2.24) is 4.90 Å². The molecule has 0 aromatic heterocycles. The summed E-state index contributed by atoms with van der Waals surface area (Å²) in [5.74, 6) is -0.143. The molecule has 2 N–H and O–H groups in total. The minimum Gasteiger partial charge on any atom is -0.399 e. The minimum atomic E-state index is -1.43. The van der Waals surface area contributed by atoms with Crippen LogP contribution in [0.1, 0.15) is 30.9 Å². The Morgan fingerprint density at radius 2 is 1.81 bits per heavy atom. The molecule has 1 aliphatic carbocycles. The lowest BCUT2D eigenvalue weighted by atomic mass is 9.62. The first-order chi connectivity index (χ1) is 12.9. The Labute approximate surface area is 168 Å². The number of benzene rings is 1. The van der Waals surface area contributed by atoms with Crippen molar-refractivity contribution in [3.63, 3.8) is 0 Å². The number of fused-ring (bicyclic) bond motifs is 1. The molecule has 1 aromatic rings. The Hall–Kier alpha value is -2.59. The van der Waals surface area contributed by atoms with Gasteiger partial charge in [0.05, 0.1) is 29.5 Å². The van der Waals surface area contributed by atoms with Crippen molar-refractivity contribution in [2.75, 3.05) is 13.1 Å². The van der Waals surface area contributed by atoms with Crippen molar-refractivity contribution in [3.8, 4) is 18.2 Å². The standard InChI is InChI=1S/C21H20BrN5/c1-13(2)27-8-7-17-16(10-27)18(15-5-3-14(9-23)4-6-15)19(22)20(26)21(17,11-24)12-25/h3-7,13,16,18H,8,10,26H2,1-2H3/t16-,18+/m1/s1. The predicted octanol–water partition coefficient (Wildman–Crippen LogP) is 3.52. The van der Waals surface area contributed by atoms with Gasteiger partial charge in [-0.3, -0.25) is 4.90 Å². The molecule has 0 amide bonds. The Bertz CT molecular complexity index is 923. The zero-order chi connectivity index (χ0) is 19.8. The minimum absolute atomic E-state index is 0.0462. The number of nitrogens with zero attached hydrogens (tertiary/aromatic N) is 4. The lowest BCUT2D eigenvalue weighted by molar-refractivity contribution is 0.187. The molecule has 1 aliphatic heterocycles. The van der Waals surface area contributed by atoms with Gasteiger partial charge in [0, 0.05) is 35.4 Å². The summed E-state index contributed by atoms with van der Waals surface area (Å²) in [6, 6.07) is 14.3. The number of hydrogen-bond donors (Lipinski definition) is 1. The second kappa shape index (κ2) is 7.20. The molecule has 0 bridgehead atoms. The molecule has 0 spiro atoms. The van der Waals surface area contributed by atoms with Gasteiger partial charge in [0.15, 0.2) is 0 Å². The van der Waals surface area contributed by atoms with Gasteiger partial charge in [0.25, 0.3) is 0 Å². The van der Waals surface area contributed by atoms with Gasteiger partial charge in [-0.15, -0.1) is 0 Å². The van der Waals surface area contributed by atoms with E-state index in [-0.39, 0.29) is 17.5 Å². The molecule has 2 aliphatic rings. The average molecular weight is 422 g/mol. The summed E-state index contributed by atoms with van der Waals surface area (Å²) >= 11 is 3.61. The lowest BCUT2D eigenvalue weighted by Gasteiger charge is -2.46. The van der Waals surface area contributed by atoms with Gasteiger partial charge < -0.3 is 5.73 Å². The Morgan fingerprint density at radius 3 is 2.33 bits per heavy atom. The highest BCUT2D eigenvalue weighted by molar-refractivity contribution is 9.11. The van der Waals surface area contributed by atoms with E-state index in [0.717, 1.165) is 17.7 Å². The van der Waals surface area contributed by atoms with Crippen LogP contribution < -0.4 is 5.73 Å². The van der Waals surface area contributed by atoms with Crippen LogP contribution in [0.25, 0.3) is 0 Å². The van der Waals surface area contributed by atoms with Crippen LogP contribution in [0.3, 0.4) is 0 Å². The summed E-state index contributed by atoms with van der Waals surface area (Å²) in [7, 11) is 0. The maximum atomic E-state index is 9.87. The first kappa shape index (κ1) is 19.2. The van der Waals surface area contributed by atoms with E-state index >= 15 is 0 Å². The maximum Gasteiger partial charge on any atom is 0.204 e. The maximum absolute atomic E-state index is 9.87. The molecule has 1 aromatic carbocycles. The Balaban J connectivity index is 2.20. The van der Waals surface area contributed by atoms with Gasteiger partial charge in [0.1, 0.15) is 0 Å². The van der Waals surface area contributed by atoms with Gasteiger partial charge >= 0.3 is 0 Å². The van der Waals surface area contributed by atoms with E-state index in [1.165, 1.54) is 0 Å². The van der Waals surface area contributed by atoms with Crippen LogP contribution in [0.15, 0.2) is 46.1 Å². The quantitative estimate of drug-likeness (QED) is 0.735. The summed E-state index contributed by atoms with van der Waals surface area (Å²) in [5.41, 5.74) is 7.57. The van der Waals surface area contributed by atoms with E-state index in [2.05, 4.69) is 52.9 Å². The molecule has 0 radical (unpaired) electrons. The molecular weight excluding hydrogens is 402 g/mol. The number of nitrogens with two attached hydrogens (primary N) is 1. The predicted molar refractivity (Wildman–Crippen MR) is 106 cm³/mol. The molecule has 136 valence electrons. The van der Waals surface area contributed by atoms with E-state index in [1.54, 1.807) is 12.1 Å². The van der Waals surface area contributed by atoms with Crippen LogP contribution in [0, 0.1) is 45.3 Å². The topological polar surface area (TPSA) is 101 Å². The van der Waals surface area contributed by atoms with E-state index in [1.807, 2.05) is 18.2 Å². The SMILES string of the molecule is CC(C)N1CC=C2[C@@H](C1)[C@H](c1ccc(C#N)cc1)C(Br)=C(N)C2(C#N)C#N. The smallest absolute Gasteiger partial charge is 0.204 e. The highest BCUT2D eigenvalue weighted by atomic mass is 79.9. The van der Waals surface area contributed by atoms with Crippen molar-refractivity contribution in [2.45, 2.75) is 25.8 Å². The molecule has 5 nitrogen and oxygen atoms in total. The highest BCUT2D eigenvalue weighted by Crippen LogP contribution is 2.54. The van der Waals surface area contributed by atoms with E-state index < -0.39 is 5.41 Å². The van der Waals surface area contributed by atoms with Crippen LogP contribution in [0.5, 0.6) is 0 Å². The van der Waals surface area contributed by atoms with Crippen molar-refractivity contribution in [3.05, 3.63) is 57.2 Å². The summed E-state index contributed by atoms with van der Waals surface area (Å²) in [6.45, 7) is 5.71. The van der Waals surface area contributed by atoms with Crippen LogP contribution in [0.4, 0.5) is 0 Å².